The minimum Gasteiger partial charge on any atom is -0.497 e. The van der Waals surface area contributed by atoms with Gasteiger partial charge in [-0.05, 0) is 43.4 Å². The van der Waals surface area contributed by atoms with Crippen LogP contribution in [0, 0.1) is 23.7 Å². The van der Waals surface area contributed by atoms with Crippen LogP contribution >= 0.6 is 0 Å². The van der Waals surface area contributed by atoms with Crippen LogP contribution in [-0.2, 0) is 6.42 Å². The minimum atomic E-state index is -0.146. The first kappa shape index (κ1) is 11.8. The maximum absolute atomic E-state index is 9.16. The molecule has 1 aliphatic carbocycles. The van der Waals surface area contributed by atoms with Crippen LogP contribution in [0.1, 0.15) is 24.0 Å². The van der Waals surface area contributed by atoms with Crippen LogP contribution in [0.2, 0.25) is 0 Å². The predicted octanol–water partition coefficient (Wildman–Crippen LogP) is 2.86. The number of nitrogens with zero attached hydrogens (tertiary/aromatic N) is 1. The van der Waals surface area contributed by atoms with Crippen LogP contribution in [0.3, 0.4) is 0 Å². The van der Waals surface area contributed by atoms with Crippen LogP contribution in [0.5, 0.6) is 11.5 Å². The van der Waals surface area contributed by atoms with Gasteiger partial charge in [0.1, 0.15) is 11.5 Å². The molecule has 0 heterocycles. The average Bonchev–Trinajstić information content (AvgIpc) is 3.12. The fourth-order valence-corrected chi connectivity index (χ4v) is 2.10. The van der Waals surface area contributed by atoms with Gasteiger partial charge in [0.15, 0.2) is 0 Å². The van der Waals surface area contributed by atoms with E-state index in [2.05, 4.69) is 6.07 Å². The summed E-state index contributed by atoms with van der Waals surface area (Å²) in [7, 11) is 3.30. The third kappa shape index (κ3) is 2.21. The summed E-state index contributed by atoms with van der Waals surface area (Å²) in [5.74, 6) is 1.62. The fraction of sp³-hybridized carbons (Fsp3) is 0.500. The van der Waals surface area contributed by atoms with E-state index in [4.69, 9.17) is 14.7 Å². The van der Waals surface area contributed by atoms with Gasteiger partial charge in [0.2, 0.25) is 0 Å². The molecule has 1 aromatic carbocycles. The summed E-state index contributed by atoms with van der Waals surface area (Å²) < 4.78 is 10.6. The maximum Gasteiger partial charge on any atom is 0.126 e. The number of hydrogen-bond acceptors (Lipinski definition) is 3. The first-order chi connectivity index (χ1) is 8.14. The SMILES string of the molecule is COc1cc(C)c(CC2(C#N)CC2)c(OC)c1. The molecule has 0 N–H and O–H groups in total. The Bertz CT molecular complexity index is 470. The molecule has 3 nitrogen and oxygen atoms in total. The van der Waals surface area contributed by atoms with Crippen LogP contribution < -0.4 is 9.47 Å². The van der Waals surface area contributed by atoms with Crippen LogP contribution in [0.15, 0.2) is 12.1 Å². The van der Waals surface area contributed by atoms with Gasteiger partial charge in [-0.1, -0.05) is 0 Å². The predicted molar refractivity (Wildman–Crippen MR) is 65.3 cm³/mol. The molecule has 1 saturated carbocycles. The molecule has 0 aromatic heterocycles. The van der Waals surface area contributed by atoms with Crippen molar-refractivity contribution in [3.63, 3.8) is 0 Å². The van der Waals surface area contributed by atoms with E-state index in [0.29, 0.717) is 0 Å². The Hall–Kier alpha value is -1.69. The minimum absolute atomic E-state index is 0.146. The Kier molecular flexibility index (Phi) is 2.97. The zero-order valence-corrected chi connectivity index (χ0v) is 10.5. The quantitative estimate of drug-likeness (QED) is 0.800. The van der Waals surface area contributed by atoms with Crippen molar-refractivity contribution in [2.45, 2.75) is 26.2 Å². The topological polar surface area (TPSA) is 42.2 Å². The molecule has 17 heavy (non-hydrogen) atoms. The molecule has 1 aromatic rings. The first-order valence-electron chi connectivity index (χ1n) is 5.77. The second-order valence-electron chi connectivity index (χ2n) is 4.69. The van der Waals surface area contributed by atoms with E-state index in [1.807, 2.05) is 19.1 Å². The zero-order valence-electron chi connectivity index (χ0n) is 10.5. The highest BCUT2D eigenvalue weighted by molar-refractivity contribution is 5.47. The van der Waals surface area contributed by atoms with Gasteiger partial charge in [0.05, 0.1) is 25.7 Å². The summed E-state index contributed by atoms with van der Waals surface area (Å²) >= 11 is 0. The second kappa shape index (κ2) is 4.29. The number of rotatable bonds is 4. The lowest BCUT2D eigenvalue weighted by molar-refractivity contribution is 0.388. The molecule has 1 aliphatic rings. The Labute approximate surface area is 102 Å². The van der Waals surface area contributed by atoms with E-state index in [1.165, 1.54) is 0 Å². The van der Waals surface area contributed by atoms with E-state index in [0.717, 1.165) is 41.9 Å². The monoisotopic (exact) mass is 231 g/mol. The van der Waals surface area contributed by atoms with E-state index in [1.54, 1.807) is 14.2 Å². The van der Waals surface area contributed by atoms with Crippen molar-refractivity contribution in [3.05, 3.63) is 23.3 Å². The molecule has 0 radical (unpaired) electrons. The standard InChI is InChI=1S/C14H17NO2/c1-10-6-11(16-2)7-13(17-3)12(10)8-14(9-15)4-5-14/h6-7H,4-5,8H2,1-3H3. The lowest BCUT2D eigenvalue weighted by Gasteiger charge is -2.15. The summed E-state index contributed by atoms with van der Waals surface area (Å²) in [6.45, 7) is 2.04. The average molecular weight is 231 g/mol. The Morgan fingerprint density at radius 1 is 1.29 bits per heavy atom. The van der Waals surface area contributed by atoms with Crippen LogP contribution in [0.4, 0.5) is 0 Å². The summed E-state index contributed by atoms with van der Waals surface area (Å²) in [4.78, 5) is 0. The third-order valence-corrected chi connectivity index (χ3v) is 3.47. The van der Waals surface area contributed by atoms with Gasteiger partial charge >= 0.3 is 0 Å². The van der Waals surface area contributed by atoms with Crippen molar-refractivity contribution in [1.29, 1.82) is 5.26 Å². The summed E-state index contributed by atoms with van der Waals surface area (Å²) in [6, 6.07) is 6.30. The molecule has 0 atom stereocenters. The largest absolute Gasteiger partial charge is 0.497 e. The van der Waals surface area contributed by atoms with Crippen molar-refractivity contribution in [3.8, 4) is 17.6 Å². The maximum atomic E-state index is 9.16. The molecule has 0 unspecified atom stereocenters. The van der Waals surface area contributed by atoms with Gasteiger partial charge in [0.25, 0.3) is 0 Å². The van der Waals surface area contributed by atoms with E-state index in [9.17, 15) is 0 Å². The molecule has 0 amide bonds. The van der Waals surface area contributed by atoms with Crippen LogP contribution in [0.25, 0.3) is 0 Å². The number of benzene rings is 1. The second-order valence-corrected chi connectivity index (χ2v) is 4.69. The van der Waals surface area contributed by atoms with Gasteiger partial charge in [-0.3, -0.25) is 0 Å². The molecule has 2 rings (SSSR count). The smallest absolute Gasteiger partial charge is 0.126 e. The van der Waals surface area contributed by atoms with Crippen molar-refractivity contribution in [2.24, 2.45) is 5.41 Å². The summed E-state index contributed by atoms with van der Waals surface area (Å²) in [5, 5.41) is 9.16. The zero-order chi connectivity index (χ0) is 12.5. The molecular weight excluding hydrogens is 214 g/mol. The highest BCUT2D eigenvalue weighted by atomic mass is 16.5. The number of hydrogen-bond donors (Lipinski definition) is 0. The Balaban J connectivity index is 2.36. The molecule has 0 bridgehead atoms. The van der Waals surface area contributed by atoms with Gasteiger partial charge in [-0.25, -0.2) is 0 Å². The number of ether oxygens (including phenoxy) is 2. The first-order valence-corrected chi connectivity index (χ1v) is 5.77. The lowest BCUT2D eigenvalue weighted by Crippen LogP contribution is -2.05. The van der Waals surface area contributed by atoms with E-state index >= 15 is 0 Å². The van der Waals surface area contributed by atoms with Gasteiger partial charge in [0, 0.05) is 6.07 Å². The van der Waals surface area contributed by atoms with E-state index < -0.39 is 0 Å². The summed E-state index contributed by atoms with van der Waals surface area (Å²) in [5.41, 5.74) is 2.11. The van der Waals surface area contributed by atoms with Crippen molar-refractivity contribution in [1.82, 2.24) is 0 Å². The number of methoxy groups -OCH3 is 2. The lowest BCUT2D eigenvalue weighted by atomic mass is 9.94. The summed E-state index contributed by atoms with van der Waals surface area (Å²) in [6.07, 6.45) is 2.78. The van der Waals surface area contributed by atoms with Crippen LogP contribution in [-0.4, -0.2) is 14.2 Å². The Morgan fingerprint density at radius 2 is 2.00 bits per heavy atom. The van der Waals surface area contributed by atoms with Crippen molar-refractivity contribution < 1.29 is 9.47 Å². The normalized spacial score (nSPS) is 16.1. The molecule has 90 valence electrons. The molecule has 0 spiro atoms. The molecule has 0 aliphatic heterocycles. The molecule has 1 fully saturated rings. The molecular formula is C14H17NO2. The number of nitriles is 1. The van der Waals surface area contributed by atoms with Gasteiger partial charge in [-0.2, -0.15) is 5.26 Å². The van der Waals surface area contributed by atoms with Gasteiger partial charge in [-0.15, -0.1) is 0 Å². The molecule has 3 heteroatoms. The third-order valence-electron chi connectivity index (χ3n) is 3.47. The highest BCUT2D eigenvalue weighted by Crippen LogP contribution is 2.49. The van der Waals surface area contributed by atoms with Gasteiger partial charge < -0.3 is 9.47 Å². The van der Waals surface area contributed by atoms with Crippen molar-refractivity contribution in [2.75, 3.05) is 14.2 Å². The highest BCUT2D eigenvalue weighted by Gasteiger charge is 2.43. The number of aryl methyl sites for hydroxylation is 1. The Morgan fingerprint density at radius 3 is 2.47 bits per heavy atom. The molecule has 0 saturated heterocycles. The van der Waals surface area contributed by atoms with E-state index in [-0.39, 0.29) is 5.41 Å². The van der Waals surface area contributed by atoms with Crippen molar-refractivity contribution >= 4 is 0 Å². The fourth-order valence-electron chi connectivity index (χ4n) is 2.10.